The fourth-order valence-corrected chi connectivity index (χ4v) is 4.07. The Morgan fingerprint density at radius 3 is 2.71 bits per heavy atom. The van der Waals surface area contributed by atoms with E-state index in [9.17, 15) is 4.79 Å². The van der Waals surface area contributed by atoms with Crippen LogP contribution in [-0.2, 0) is 11.3 Å². The van der Waals surface area contributed by atoms with Gasteiger partial charge in [-0.3, -0.25) is 9.69 Å². The molecular weight excluding hydrogens is 365 g/mol. The molecule has 0 aliphatic carbocycles. The lowest BCUT2D eigenvalue weighted by Gasteiger charge is -2.27. The summed E-state index contributed by atoms with van der Waals surface area (Å²) >= 11 is 2.02. The predicted molar refractivity (Wildman–Crippen MR) is 108 cm³/mol. The van der Waals surface area contributed by atoms with Crippen LogP contribution in [0.5, 0.6) is 0 Å². The number of carbonyl (C=O) groups excluding carboxylic acids is 1. The zero-order valence-corrected chi connectivity index (χ0v) is 16.3. The second-order valence-corrected chi connectivity index (χ2v) is 7.30. The number of nitrogens with one attached hydrogen (secondary N) is 2. The van der Waals surface area contributed by atoms with Gasteiger partial charge in [0.25, 0.3) is 0 Å². The van der Waals surface area contributed by atoms with Crippen molar-refractivity contribution in [1.82, 2.24) is 10.2 Å². The Bertz CT molecular complexity index is 506. The van der Waals surface area contributed by atoms with E-state index >= 15 is 0 Å². The second kappa shape index (κ2) is 11.2. The Labute approximate surface area is 161 Å². The largest absolute Gasteiger partial charge is 0.326 e. The summed E-state index contributed by atoms with van der Waals surface area (Å²) in [4.78, 5) is 14.9. The van der Waals surface area contributed by atoms with E-state index in [2.05, 4.69) is 27.7 Å². The van der Waals surface area contributed by atoms with Crippen molar-refractivity contribution in [3.8, 4) is 0 Å². The minimum absolute atomic E-state index is 0. The van der Waals surface area contributed by atoms with Gasteiger partial charge in [-0.1, -0.05) is 18.2 Å². The Balaban J connectivity index is 0.00000144. The number of benzene rings is 1. The highest BCUT2D eigenvalue weighted by Crippen LogP contribution is 2.21. The number of halogens is 2. The van der Waals surface area contributed by atoms with Crippen LogP contribution in [0.2, 0.25) is 0 Å². The molecule has 0 bridgehead atoms. The molecular formula is C17H27Cl2N3OS. The smallest absolute Gasteiger partial charge is 0.228 e. The number of anilines is 1. The highest BCUT2D eigenvalue weighted by molar-refractivity contribution is 7.99. The van der Waals surface area contributed by atoms with E-state index in [1.54, 1.807) is 0 Å². The van der Waals surface area contributed by atoms with Crippen LogP contribution < -0.4 is 10.6 Å². The molecule has 2 aliphatic rings. The van der Waals surface area contributed by atoms with Crippen LogP contribution in [-0.4, -0.2) is 48.5 Å². The average molecular weight is 392 g/mol. The molecule has 2 saturated heterocycles. The SMILES string of the molecule is Cl.Cl.O=C(Nc1ccccc1CN1CCSCC1)C1CCCNC1. The number of hydrogen-bond acceptors (Lipinski definition) is 4. The monoisotopic (exact) mass is 391 g/mol. The summed E-state index contributed by atoms with van der Waals surface area (Å²) in [6.07, 6.45) is 2.08. The Hall–Kier alpha value is -0.460. The number of para-hydroxylation sites is 1. The molecule has 1 aromatic rings. The molecule has 1 atom stereocenters. The lowest BCUT2D eigenvalue weighted by Crippen LogP contribution is -2.37. The van der Waals surface area contributed by atoms with E-state index < -0.39 is 0 Å². The maximum absolute atomic E-state index is 12.4. The van der Waals surface area contributed by atoms with Crippen LogP contribution in [0.25, 0.3) is 0 Å². The van der Waals surface area contributed by atoms with Gasteiger partial charge in [0.05, 0.1) is 5.92 Å². The zero-order chi connectivity index (χ0) is 15.2. The molecule has 2 heterocycles. The predicted octanol–water partition coefficient (Wildman–Crippen LogP) is 3.02. The number of amides is 1. The quantitative estimate of drug-likeness (QED) is 0.827. The molecule has 2 aliphatic heterocycles. The van der Waals surface area contributed by atoms with E-state index in [1.807, 2.05) is 23.9 Å². The molecule has 1 unspecified atom stereocenters. The average Bonchev–Trinajstić information content (AvgIpc) is 2.58. The molecule has 0 radical (unpaired) electrons. The number of rotatable bonds is 4. The van der Waals surface area contributed by atoms with Crippen molar-refractivity contribution in [1.29, 1.82) is 0 Å². The Kier molecular flexibility index (Phi) is 10.1. The first-order chi connectivity index (χ1) is 10.8. The van der Waals surface area contributed by atoms with Crippen molar-refractivity contribution in [3.63, 3.8) is 0 Å². The fourth-order valence-electron chi connectivity index (χ4n) is 3.09. The van der Waals surface area contributed by atoms with Gasteiger partial charge in [0.15, 0.2) is 0 Å². The number of carbonyl (C=O) groups is 1. The summed E-state index contributed by atoms with van der Waals surface area (Å²) < 4.78 is 0. The highest BCUT2D eigenvalue weighted by atomic mass is 35.5. The molecule has 2 N–H and O–H groups in total. The van der Waals surface area contributed by atoms with Crippen molar-refractivity contribution in [3.05, 3.63) is 29.8 Å². The van der Waals surface area contributed by atoms with E-state index in [4.69, 9.17) is 0 Å². The third kappa shape index (κ3) is 6.12. The molecule has 1 aromatic carbocycles. The van der Waals surface area contributed by atoms with Gasteiger partial charge in [0.2, 0.25) is 5.91 Å². The summed E-state index contributed by atoms with van der Waals surface area (Å²) in [7, 11) is 0. The summed E-state index contributed by atoms with van der Waals surface area (Å²) in [6.45, 7) is 5.05. The third-order valence-corrected chi connectivity index (χ3v) is 5.38. The Morgan fingerprint density at radius 2 is 2.00 bits per heavy atom. The summed E-state index contributed by atoms with van der Waals surface area (Å²) in [5, 5.41) is 6.47. The molecule has 0 aromatic heterocycles. The first-order valence-corrected chi connectivity index (χ1v) is 9.38. The topological polar surface area (TPSA) is 44.4 Å². The van der Waals surface area contributed by atoms with Crippen LogP contribution in [0, 0.1) is 5.92 Å². The van der Waals surface area contributed by atoms with Crippen LogP contribution in [0.15, 0.2) is 24.3 Å². The van der Waals surface area contributed by atoms with E-state index in [1.165, 1.54) is 17.1 Å². The number of piperidine rings is 1. The van der Waals surface area contributed by atoms with Crippen LogP contribution in [0.3, 0.4) is 0 Å². The van der Waals surface area contributed by atoms with Gasteiger partial charge >= 0.3 is 0 Å². The number of nitrogens with zero attached hydrogens (tertiary/aromatic N) is 1. The molecule has 3 rings (SSSR count). The second-order valence-electron chi connectivity index (χ2n) is 6.08. The lowest BCUT2D eigenvalue weighted by atomic mass is 9.98. The molecule has 136 valence electrons. The minimum atomic E-state index is 0. The maximum Gasteiger partial charge on any atom is 0.228 e. The molecule has 0 spiro atoms. The van der Waals surface area contributed by atoms with Gasteiger partial charge in [0, 0.05) is 43.4 Å². The molecule has 1 amide bonds. The van der Waals surface area contributed by atoms with E-state index in [0.717, 1.165) is 51.3 Å². The van der Waals surface area contributed by atoms with Crippen molar-refractivity contribution in [2.45, 2.75) is 19.4 Å². The normalized spacial score (nSPS) is 21.2. The summed E-state index contributed by atoms with van der Waals surface area (Å²) in [5.41, 5.74) is 2.21. The molecule has 2 fully saturated rings. The van der Waals surface area contributed by atoms with Crippen LogP contribution in [0.1, 0.15) is 18.4 Å². The highest BCUT2D eigenvalue weighted by Gasteiger charge is 2.22. The summed E-state index contributed by atoms with van der Waals surface area (Å²) in [5.74, 6) is 2.69. The zero-order valence-electron chi connectivity index (χ0n) is 13.8. The van der Waals surface area contributed by atoms with Gasteiger partial charge in [-0.05, 0) is 31.0 Å². The van der Waals surface area contributed by atoms with Gasteiger partial charge in [0.1, 0.15) is 0 Å². The molecule has 7 heteroatoms. The van der Waals surface area contributed by atoms with Crippen LogP contribution >= 0.6 is 36.6 Å². The van der Waals surface area contributed by atoms with Gasteiger partial charge < -0.3 is 10.6 Å². The molecule has 0 saturated carbocycles. The van der Waals surface area contributed by atoms with Crippen molar-refractivity contribution in [2.75, 3.05) is 43.0 Å². The first kappa shape index (κ1) is 21.6. The summed E-state index contributed by atoms with van der Waals surface area (Å²) in [6, 6.07) is 8.23. The van der Waals surface area contributed by atoms with E-state index in [0.29, 0.717) is 0 Å². The van der Waals surface area contributed by atoms with Crippen molar-refractivity contribution >= 4 is 48.2 Å². The maximum atomic E-state index is 12.4. The van der Waals surface area contributed by atoms with Crippen LogP contribution in [0.4, 0.5) is 5.69 Å². The van der Waals surface area contributed by atoms with Gasteiger partial charge in [-0.25, -0.2) is 0 Å². The van der Waals surface area contributed by atoms with Crippen molar-refractivity contribution < 1.29 is 4.79 Å². The minimum Gasteiger partial charge on any atom is -0.326 e. The number of thioether (sulfide) groups is 1. The third-order valence-electron chi connectivity index (χ3n) is 4.44. The Morgan fingerprint density at radius 1 is 1.25 bits per heavy atom. The van der Waals surface area contributed by atoms with Gasteiger partial charge in [-0.15, -0.1) is 24.8 Å². The lowest BCUT2D eigenvalue weighted by molar-refractivity contribution is -0.120. The van der Waals surface area contributed by atoms with Gasteiger partial charge in [-0.2, -0.15) is 11.8 Å². The van der Waals surface area contributed by atoms with Crippen molar-refractivity contribution in [2.24, 2.45) is 5.92 Å². The first-order valence-electron chi connectivity index (χ1n) is 8.22. The standard InChI is InChI=1S/C17H25N3OS.2ClH/c21-17(14-5-3-7-18-12-14)19-16-6-2-1-4-15(16)13-20-8-10-22-11-9-20;;/h1-2,4,6,14,18H,3,5,7-13H2,(H,19,21);2*1H. The number of hydrogen-bond donors (Lipinski definition) is 2. The molecule has 24 heavy (non-hydrogen) atoms. The fraction of sp³-hybridized carbons (Fsp3) is 0.588. The molecule has 4 nitrogen and oxygen atoms in total. The van der Waals surface area contributed by atoms with E-state index in [-0.39, 0.29) is 36.6 Å².